The summed E-state index contributed by atoms with van der Waals surface area (Å²) in [7, 11) is 0. The first-order valence-electron chi connectivity index (χ1n) is 6.41. The number of aryl methyl sites for hydroxylation is 1. The number of hydrogen-bond donors (Lipinski definition) is 1. The number of carbonyl (C=O) groups is 1. The number of anilines is 1. The van der Waals surface area contributed by atoms with Gasteiger partial charge in [-0.3, -0.25) is 0 Å². The number of nitrogen functional groups attached to an aromatic ring is 1. The summed E-state index contributed by atoms with van der Waals surface area (Å²) < 4.78 is 4.85. The zero-order chi connectivity index (χ0) is 14.5. The Hall–Kier alpha value is -2.07. The molecule has 104 valence electrons. The molecule has 1 aromatic carbocycles. The Morgan fingerprint density at radius 3 is 2.70 bits per heavy atom. The van der Waals surface area contributed by atoms with Gasteiger partial charge in [-0.2, -0.15) is 0 Å². The van der Waals surface area contributed by atoms with Gasteiger partial charge < -0.3 is 10.5 Å². The highest BCUT2D eigenvalue weighted by Crippen LogP contribution is 2.34. The summed E-state index contributed by atoms with van der Waals surface area (Å²) in [6.07, 6.45) is 3.11. The van der Waals surface area contributed by atoms with Crippen LogP contribution in [0.2, 0.25) is 0 Å². The van der Waals surface area contributed by atoms with E-state index in [1.807, 2.05) is 6.07 Å². The summed E-state index contributed by atoms with van der Waals surface area (Å²) in [5, 5.41) is 0. The fourth-order valence-corrected chi connectivity index (χ4v) is 2.73. The quantitative estimate of drug-likeness (QED) is 0.685. The van der Waals surface area contributed by atoms with Crippen molar-refractivity contribution in [2.75, 3.05) is 12.3 Å². The topological polar surface area (TPSA) is 52.3 Å². The maximum Gasteiger partial charge on any atom is 0.330 e. The van der Waals surface area contributed by atoms with Gasteiger partial charge in [0.05, 0.1) is 17.2 Å². The maximum absolute atomic E-state index is 11.3. The number of esters is 1. The van der Waals surface area contributed by atoms with Crippen molar-refractivity contribution in [3.63, 3.8) is 0 Å². The lowest BCUT2D eigenvalue weighted by atomic mass is 10.1. The van der Waals surface area contributed by atoms with E-state index in [1.54, 1.807) is 24.3 Å². The molecule has 0 spiro atoms. The molecule has 2 N–H and O–H groups in total. The van der Waals surface area contributed by atoms with Gasteiger partial charge in [0.1, 0.15) is 0 Å². The number of carbonyl (C=O) groups excluding carboxylic acids is 1. The van der Waals surface area contributed by atoms with Crippen molar-refractivity contribution in [3.8, 4) is 10.4 Å². The molecule has 1 heterocycles. The molecule has 0 saturated carbocycles. The Morgan fingerprint density at radius 1 is 1.35 bits per heavy atom. The normalized spacial score (nSPS) is 10.9. The van der Waals surface area contributed by atoms with Gasteiger partial charge in [-0.15, -0.1) is 11.3 Å². The third-order valence-electron chi connectivity index (χ3n) is 2.78. The van der Waals surface area contributed by atoms with Crippen LogP contribution >= 0.6 is 11.3 Å². The first-order valence-corrected chi connectivity index (χ1v) is 7.23. The summed E-state index contributed by atoms with van der Waals surface area (Å²) in [6.45, 7) is 4.21. The van der Waals surface area contributed by atoms with Crippen LogP contribution in [0.5, 0.6) is 0 Å². The molecule has 0 aliphatic heterocycles. The monoisotopic (exact) mass is 287 g/mol. The molecule has 2 rings (SSSR count). The molecule has 20 heavy (non-hydrogen) atoms. The average molecular weight is 287 g/mol. The van der Waals surface area contributed by atoms with Crippen LogP contribution < -0.4 is 5.73 Å². The second-order valence-corrected chi connectivity index (χ2v) is 5.47. The Morgan fingerprint density at radius 2 is 2.05 bits per heavy atom. The van der Waals surface area contributed by atoms with Crippen molar-refractivity contribution in [2.45, 2.75) is 13.8 Å². The molecule has 3 nitrogen and oxygen atoms in total. The van der Waals surface area contributed by atoms with Crippen molar-refractivity contribution < 1.29 is 9.53 Å². The van der Waals surface area contributed by atoms with Gasteiger partial charge in [0.15, 0.2) is 0 Å². The Labute approximate surface area is 122 Å². The number of hydrogen-bond acceptors (Lipinski definition) is 4. The molecule has 0 saturated heterocycles. The van der Waals surface area contributed by atoms with Crippen LogP contribution in [0.25, 0.3) is 16.5 Å². The highest BCUT2D eigenvalue weighted by atomic mass is 32.1. The average Bonchev–Trinajstić information content (AvgIpc) is 2.79. The number of thiophene rings is 1. The van der Waals surface area contributed by atoms with Crippen LogP contribution in [-0.4, -0.2) is 12.6 Å². The fourth-order valence-electron chi connectivity index (χ4n) is 1.74. The lowest BCUT2D eigenvalue weighted by Gasteiger charge is -1.97. The molecule has 0 aliphatic carbocycles. The zero-order valence-electron chi connectivity index (χ0n) is 11.6. The SMILES string of the molecule is CCOC(=O)/C=C/c1sc(-c2ccc(C)cc2)cc1N. The molecule has 0 amide bonds. The van der Waals surface area contributed by atoms with Crippen LogP contribution in [0.15, 0.2) is 36.4 Å². The Balaban J connectivity index is 2.21. The molecular weight excluding hydrogens is 270 g/mol. The van der Waals surface area contributed by atoms with Crippen molar-refractivity contribution in [1.82, 2.24) is 0 Å². The van der Waals surface area contributed by atoms with Crippen LogP contribution in [-0.2, 0) is 9.53 Å². The summed E-state index contributed by atoms with van der Waals surface area (Å²) in [6, 6.07) is 10.2. The minimum atomic E-state index is -0.350. The third-order valence-corrected chi connectivity index (χ3v) is 3.95. The molecule has 0 radical (unpaired) electrons. The Kier molecular flexibility index (Phi) is 4.58. The van der Waals surface area contributed by atoms with E-state index < -0.39 is 0 Å². The van der Waals surface area contributed by atoms with E-state index in [4.69, 9.17) is 10.5 Å². The lowest BCUT2D eigenvalue weighted by molar-refractivity contribution is -0.137. The zero-order valence-corrected chi connectivity index (χ0v) is 12.4. The molecule has 0 unspecified atom stereocenters. The van der Waals surface area contributed by atoms with Crippen LogP contribution in [0.1, 0.15) is 17.4 Å². The first-order chi connectivity index (χ1) is 9.60. The molecule has 2 aromatic rings. The predicted molar refractivity (Wildman–Crippen MR) is 84.6 cm³/mol. The fraction of sp³-hybridized carbons (Fsp3) is 0.188. The largest absolute Gasteiger partial charge is 0.463 e. The van der Waals surface area contributed by atoms with E-state index in [9.17, 15) is 4.79 Å². The van der Waals surface area contributed by atoms with Crippen LogP contribution in [0, 0.1) is 6.92 Å². The van der Waals surface area contributed by atoms with Crippen LogP contribution in [0.4, 0.5) is 5.69 Å². The molecule has 1 aromatic heterocycles. The van der Waals surface area contributed by atoms with E-state index in [1.165, 1.54) is 11.6 Å². The van der Waals surface area contributed by atoms with Gasteiger partial charge in [0.25, 0.3) is 0 Å². The second-order valence-electron chi connectivity index (χ2n) is 4.38. The second kappa shape index (κ2) is 6.39. The van der Waals surface area contributed by atoms with E-state index in [-0.39, 0.29) is 5.97 Å². The van der Waals surface area contributed by atoms with E-state index in [0.29, 0.717) is 12.3 Å². The van der Waals surface area contributed by atoms with Gasteiger partial charge in [-0.1, -0.05) is 29.8 Å². The van der Waals surface area contributed by atoms with Crippen molar-refractivity contribution in [3.05, 3.63) is 46.8 Å². The van der Waals surface area contributed by atoms with Crippen molar-refractivity contribution >= 4 is 29.1 Å². The van der Waals surface area contributed by atoms with E-state index >= 15 is 0 Å². The van der Waals surface area contributed by atoms with E-state index in [2.05, 4.69) is 31.2 Å². The summed E-state index contributed by atoms with van der Waals surface area (Å²) in [4.78, 5) is 13.3. The van der Waals surface area contributed by atoms with Crippen molar-refractivity contribution in [1.29, 1.82) is 0 Å². The molecule has 0 atom stereocenters. The number of nitrogens with two attached hydrogens (primary N) is 1. The lowest BCUT2D eigenvalue weighted by Crippen LogP contribution is -1.98. The summed E-state index contributed by atoms with van der Waals surface area (Å²) in [5.41, 5.74) is 9.00. The third kappa shape index (κ3) is 3.48. The molecule has 4 heteroatoms. The number of ether oxygens (including phenoxy) is 1. The highest BCUT2D eigenvalue weighted by Gasteiger charge is 2.06. The maximum atomic E-state index is 11.3. The Bertz CT molecular complexity index is 626. The minimum absolute atomic E-state index is 0.350. The van der Waals surface area contributed by atoms with Crippen LogP contribution in [0.3, 0.4) is 0 Å². The molecule has 0 bridgehead atoms. The number of rotatable bonds is 4. The molecular formula is C16H17NO2S. The summed E-state index contributed by atoms with van der Waals surface area (Å²) in [5.74, 6) is -0.350. The van der Waals surface area contributed by atoms with Crippen molar-refractivity contribution in [2.24, 2.45) is 0 Å². The van der Waals surface area contributed by atoms with Gasteiger partial charge in [-0.25, -0.2) is 4.79 Å². The number of benzene rings is 1. The van der Waals surface area contributed by atoms with Gasteiger partial charge in [0.2, 0.25) is 0 Å². The molecule has 0 fully saturated rings. The minimum Gasteiger partial charge on any atom is -0.463 e. The smallest absolute Gasteiger partial charge is 0.330 e. The predicted octanol–water partition coefficient (Wildman–Crippen LogP) is 3.88. The van der Waals surface area contributed by atoms with Gasteiger partial charge >= 0.3 is 5.97 Å². The summed E-state index contributed by atoms with van der Waals surface area (Å²) >= 11 is 1.56. The first kappa shape index (κ1) is 14.3. The standard InChI is InChI=1S/C16H17NO2S/c1-3-19-16(18)9-8-14-13(17)10-15(20-14)12-6-4-11(2)5-7-12/h4-10H,3,17H2,1-2H3/b9-8+. The molecule has 0 aliphatic rings. The van der Waals surface area contributed by atoms with E-state index in [0.717, 1.165) is 15.3 Å². The van der Waals surface area contributed by atoms with Gasteiger partial charge in [-0.05, 0) is 31.6 Å². The highest BCUT2D eigenvalue weighted by molar-refractivity contribution is 7.17. The van der Waals surface area contributed by atoms with Gasteiger partial charge in [0, 0.05) is 11.0 Å².